The van der Waals surface area contributed by atoms with E-state index < -0.39 is 0 Å². The van der Waals surface area contributed by atoms with Crippen molar-refractivity contribution in [2.45, 2.75) is 51.2 Å². The van der Waals surface area contributed by atoms with Crippen LogP contribution in [0.1, 0.15) is 38.2 Å². The van der Waals surface area contributed by atoms with E-state index in [2.05, 4.69) is 57.4 Å². The topological polar surface area (TPSA) is 30.9 Å². The van der Waals surface area contributed by atoms with Gasteiger partial charge in [-0.15, -0.1) is 0 Å². The minimum absolute atomic E-state index is 0.650. The molecule has 0 bridgehead atoms. The van der Waals surface area contributed by atoms with Gasteiger partial charge in [0.15, 0.2) is 5.96 Å². The second kappa shape index (κ2) is 7.36. The summed E-state index contributed by atoms with van der Waals surface area (Å²) >= 11 is 0. The molecule has 4 unspecified atom stereocenters. The largest absolute Gasteiger partial charge is 0.353 e. The van der Waals surface area contributed by atoms with E-state index >= 15 is 0 Å². The summed E-state index contributed by atoms with van der Waals surface area (Å²) in [6.07, 6.45) is 5.25. The van der Waals surface area contributed by atoms with Gasteiger partial charge in [0, 0.05) is 38.8 Å². The fraction of sp³-hybridized carbons (Fsp3) is 0.667. The van der Waals surface area contributed by atoms with Gasteiger partial charge in [-0.1, -0.05) is 37.3 Å². The van der Waals surface area contributed by atoms with E-state index in [4.69, 9.17) is 0 Å². The zero-order valence-corrected chi connectivity index (χ0v) is 15.7. The summed E-state index contributed by atoms with van der Waals surface area (Å²) in [7, 11) is 1.93. The summed E-state index contributed by atoms with van der Waals surface area (Å²) in [4.78, 5) is 9.82. The molecule has 1 aromatic carbocycles. The van der Waals surface area contributed by atoms with Crippen molar-refractivity contribution in [1.82, 2.24) is 15.1 Å². The second-order valence-corrected chi connectivity index (χ2v) is 8.17. The lowest BCUT2D eigenvalue weighted by Gasteiger charge is -2.48. The Kier molecular flexibility index (Phi) is 4.98. The molecule has 3 fully saturated rings. The van der Waals surface area contributed by atoms with Crippen LogP contribution in [0.15, 0.2) is 35.3 Å². The quantitative estimate of drug-likeness (QED) is 0.678. The van der Waals surface area contributed by atoms with Gasteiger partial charge in [-0.25, -0.2) is 0 Å². The van der Waals surface area contributed by atoms with Crippen LogP contribution in [0.25, 0.3) is 0 Å². The first kappa shape index (κ1) is 16.9. The van der Waals surface area contributed by atoms with Crippen molar-refractivity contribution in [3.63, 3.8) is 0 Å². The molecule has 1 saturated carbocycles. The van der Waals surface area contributed by atoms with Gasteiger partial charge in [0.05, 0.1) is 0 Å². The number of nitrogens with one attached hydrogen (secondary N) is 1. The zero-order valence-electron chi connectivity index (χ0n) is 15.7. The predicted octanol–water partition coefficient (Wildman–Crippen LogP) is 2.96. The monoisotopic (exact) mass is 340 g/mol. The summed E-state index contributed by atoms with van der Waals surface area (Å²) < 4.78 is 0. The predicted molar refractivity (Wildman–Crippen MR) is 104 cm³/mol. The molecule has 1 aromatic rings. The molecule has 4 rings (SSSR count). The van der Waals surface area contributed by atoms with Crippen molar-refractivity contribution in [3.05, 3.63) is 35.9 Å². The molecule has 4 heteroatoms. The van der Waals surface area contributed by atoms with E-state index in [0.717, 1.165) is 43.5 Å². The summed E-state index contributed by atoms with van der Waals surface area (Å²) in [5.74, 6) is 2.72. The SMILES string of the molecule is CN=C(NC1CC1C)N1CCC2C(CCCN2Cc2ccccc2)C1. The average Bonchev–Trinajstić information content (AvgIpc) is 3.35. The zero-order chi connectivity index (χ0) is 17.2. The van der Waals surface area contributed by atoms with Crippen LogP contribution < -0.4 is 5.32 Å². The van der Waals surface area contributed by atoms with Crippen molar-refractivity contribution >= 4 is 5.96 Å². The van der Waals surface area contributed by atoms with Crippen LogP contribution in [-0.4, -0.2) is 54.5 Å². The standard InChI is InChI=1S/C21H32N4/c1-16-13-19(16)23-21(22-2)25-12-10-20-18(15-25)9-6-11-24(20)14-17-7-4-3-5-8-17/h3-5,7-8,16,18-20H,6,9-15H2,1-2H3,(H,22,23). The maximum Gasteiger partial charge on any atom is 0.193 e. The van der Waals surface area contributed by atoms with Gasteiger partial charge in [0.25, 0.3) is 0 Å². The number of aliphatic imine (C=N–C) groups is 1. The van der Waals surface area contributed by atoms with E-state index in [1.807, 2.05) is 7.05 Å². The maximum absolute atomic E-state index is 4.57. The van der Waals surface area contributed by atoms with Crippen LogP contribution in [0.5, 0.6) is 0 Å². The number of rotatable bonds is 3. The van der Waals surface area contributed by atoms with E-state index in [-0.39, 0.29) is 0 Å². The fourth-order valence-corrected chi connectivity index (χ4v) is 4.70. The smallest absolute Gasteiger partial charge is 0.193 e. The Morgan fingerprint density at radius 2 is 2.00 bits per heavy atom. The maximum atomic E-state index is 4.57. The van der Waals surface area contributed by atoms with Gasteiger partial charge in [-0.05, 0) is 49.6 Å². The molecule has 136 valence electrons. The minimum Gasteiger partial charge on any atom is -0.353 e. The molecule has 2 aliphatic heterocycles. The molecule has 1 aliphatic carbocycles. The Labute approximate surface area is 152 Å². The van der Waals surface area contributed by atoms with Crippen LogP contribution in [-0.2, 0) is 6.54 Å². The lowest BCUT2D eigenvalue weighted by atomic mass is 9.83. The Morgan fingerprint density at radius 1 is 1.20 bits per heavy atom. The molecular weight excluding hydrogens is 308 g/mol. The third-order valence-corrected chi connectivity index (χ3v) is 6.35. The molecule has 3 aliphatic rings. The summed E-state index contributed by atoms with van der Waals surface area (Å²) in [5.41, 5.74) is 1.45. The first-order chi connectivity index (χ1) is 12.2. The molecule has 1 N–H and O–H groups in total. The second-order valence-electron chi connectivity index (χ2n) is 8.17. The first-order valence-corrected chi connectivity index (χ1v) is 10.0. The summed E-state index contributed by atoms with van der Waals surface area (Å²) in [6, 6.07) is 12.4. The Balaban J connectivity index is 1.38. The van der Waals surface area contributed by atoms with Crippen molar-refractivity contribution < 1.29 is 0 Å². The lowest BCUT2D eigenvalue weighted by Crippen LogP contribution is -2.57. The minimum atomic E-state index is 0.650. The molecule has 2 saturated heterocycles. The van der Waals surface area contributed by atoms with Crippen LogP contribution in [0.3, 0.4) is 0 Å². The average molecular weight is 341 g/mol. The van der Waals surface area contributed by atoms with Crippen LogP contribution >= 0.6 is 0 Å². The summed E-state index contributed by atoms with van der Waals surface area (Å²) in [6.45, 7) is 6.97. The molecule has 4 atom stereocenters. The fourth-order valence-electron chi connectivity index (χ4n) is 4.70. The van der Waals surface area contributed by atoms with Crippen molar-refractivity contribution in [3.8, 4) is 0 Å². The number of likely N-dealkylation sites (tertiary alicyclic amines) is 2. The van der Waals surface area contributed by atoms with Crippen molar-refractivity contribution in [2.75, 3.05) is 26.7 Å². The Hall–Kier alpha value is -1.55. The van der Waals surface area contributed by atoms with Gasteiger partial charge in [0.1, 0.15) is 0 Å². The lowest BCUT2D eigenvalue weighted by molar-refractivity contribution is 0.0372. The van der Waals surface area contributed by atoms with Crippen LogP contribution in [0, 0.1) is 11.8 Å². The number of benzene rings is 1. The van der Waals surface area contributed by atoms with Gasteiger partial charge in [0.2, 0.25) is 0 Å². The van der Waals surface area contributed by atoms with Gasteiger partial charge < -0.3 is 10.2 Å². The Morgan fingerprint density at radius 3 is 2.72 bits per heavy atom. The highest BCUT2D eigenvalue weighted by atomic mass is 15.3. The number of guanidine groups is 1. The van der Waals surface area contributed by atoms with Crippen LogP contribution in [0.2, 0.25) is 0 Å². The number of fused-ring (bicyclic) bond motifs is 1. The highest BCUT2D eigenvalue weighted by Crippen LogP contribution is 2.33. The normalized spacial score (nSPS) is 33.0. The van der Waals surface area contributed by atoms with E-state index in [1.54, 1.807) is 0 Å². The summed E-state index contributed by atoms with van der Waals surface area (Å²) in [5, 5.41) is 3.67. The van der Waals surface area contributed by atoms with Gasteiger partial charge in [-0.3, -0.25) is 9.89 Å². The van der Waals surface area contributed by atoms with E-state index in [1.165, 1.54) is 37.8 Å². The van der Waals surface area contributed by atoms with Crippen molar-refractivity contribution in [2.24, 2.45) is 16.8 Å². The number of nitrogens with zero attached hydrogens (tertiary/aromatic N) is 3. The molecule has 0 amide bonds. The molecule has 25 heavy (non-hydrogen) atoms. The van der Waals surface area contributed by atoms with Gasteiger partial charge >= 0.3 is 0 Å². The molecule has 0 aromatic heterocycles. The van der Waals surface area contributed by atoms with Gasteiger partial charge in [-0.2, -0.15) is 0 Å². The van der Waals surface area contributed by atoms with E-state index in [9.17, 15) is 0 Å². The highest BCUT2D eigenvalue weighted by molar-refractivity contribution is 5.80. The number of hydrogen-bond donors (Lipinski definition) is 1. The molecule has 2 heterocycles. The third-order valence-electron chi connectivity index (χ3n) is 6.35. The Bertz CT molecular complexity index is 599. The molecule has 0 spiro atoms. The number of piperidine rings is 2. The number of hydrogen-bond acceptors (Lipinski definition) is 2. The molecule has 0 radical (unpaired) electrons. The van der Waals surface area contributed by atoms with Crippen LogP contribution in [0.4, 0.5) is 0 Å². The molecule has 4 nitrogen and oxygen atoms in total. The molecular formula is C21H32N4. The highest BCUT2D eigenvalue weighted by Gasteiger charge is 2.39. The van der Waals surface area contributed by atoms with E-state index in [0.29, 0.717) is 6.04 Å². The third kappa shape index (κ3) is 3.84. The first-order valence-electron chi connectivity index (χ1n) is 10.0. The van der Waals surface area contributed by atoms with Crippen molar-refractivity contribution in [1.29, 1.82) is 0 Å².